The Morgan fingerprint density at radius 2 is 1.83 bits per heavy atom. The standard InChI is InChI=1S/C23H30Cl2N4O/c1-5-29(6-2)21(30)12-19-15(3)26-23(27-16(19)4)18-10-11-28(14-18)13-17-8-7-9-20(24)22(17)25/h7-9,18H,5-6,10-14H2,1-4H3/t18-/m0/s1. The number of hydrogen-bond donors (Lipinski definition) is 0. The van der Waals surface area contributed by atoms with Crippen LogP contribution in [0.4, 0.5) is 0 Å². The zero-order chi connectivity index (χ0) is 21.8. The molecule has 2 aromatic rings. The Labute approximate surface area is 189 Å². The predicted molar refractivity (Wildman–Crippen MR) is 122 cm³/mol. The average molecular weight is 449 g/mol. The van der Waals surface area contributed by atoms with Crippen LogP contribution in [0.5, 0.6) is 0 Å². The first-order valence-corrected chi connectivity index (χ1v) is 11.4. The zero-order valence-corrected chi connectivity index (χ0v) is 19.7. The Kier molecular flexibility index (Phi) is 7.72. The van der Waals surface area contributed by atoms with Crippen LogP contribution in [-0.4, -0.2) is 51.9 Å². The minimum atomic E-state index is 0.132. The van der Waals surface area contributed by atoms with Crippen molar-refractivity contribution >= 4 is 29.1 Å². The Bertz CT molecular complexity index is 891. The lowest BCUT2D eigenvalue weighted by molar-refractivity contribution is -0.130. The second-order valence-corrected chi connectivity index (χ2v) is 8.69. The molecule has 30 heavy (non-hydrogen) atoms. The van der Waals surface area contributed by atoms with Gasteiger partial charge in [0.1, 0.15) is 5.82 Å². The fourth-order valence-electron chi connectivity index (χ4n) is 4.14. The van der Waals surface area contributed by atoms with E-state index in [2.05, 4.69) is 4.90 Å². The van der Waals surface area contributed by atoms with Crippen molar-refractivity contribution in [1.82, 2.24) is 19.8 Å². The van der Waals surface area contributed by atoms with Crippen LogP contribution >= 0.6 is 23.2 Å². The molecule has 0 unspecified atom stereocenters. The summed E-state index contributed by atoms with van der Waals surface area (Å²) >= 11 is 12.5. The smallest absolute Gasteiger partial charge is 0.227 e. The van der Waals surface area contributed by atoms with Gasteiger partial charge in [0.15, 0.2) is 0 Å². The summed E-state index contributed by atoms with van der Waals surface area (Å²) in [7, 11) is 0. The van der Waals surface area contributed by atoms with Gasteiger partial charge in [0.05, 0.1) is 16.5 Å². The van der Waals surface area contributed by atoms with Crippen molar-refractivity contribution in [2.75, 3.05) is 26.2 Å². The summed E-state index contributed by atoms with van der Waals surface area (Å²) < 4.78 is 0. The van der Waals surface area contributed by atoms with Crippen LogP contribution in [0.15, 0.2) is 18.2 Å². The molecule has 0 bridgehead atoms. The molecule has 1 amide bonds. The minimum Gasteiger partial charge on any atom is -0.343 e. The quantitative estimate of drug-likeness (QED) is 0.609. The molecule has 0 spiro atoms. The number of halogens is 2. The number of nitrogens with zero attached hydrogens (tertiary/aromatic N) is 4. The SMILES string of the molecule is CCN(CC)C(=O)Cc1c(C)nc([C@H]2CCN(Cc3cccc(Cl)c3Cl)C2)nc1C. The van der Waals surface area contributed by atoms with Crippen LogP contribution in [-0.2, 0) is 17.8 Å². The number of likely N-dealkylation sites (tertiary alicyclic amines) is 1. The minimum absolute atomic E-state index is 0.132. The van der Waals surface area contributed by atoms with Crippen molar-refractivity contribution in [3.63, 3.8) is 0 Å². The van der Waals surface area contributed by atoms with Crippen molar-refractivity contribution in [1.29, 1.82) is 0 Å². The van der Waals surface area contributed by atoms with Crippen LogP contribution in [0.3, 0.4) is 0 Å². The number of benzene rings is 1. The summed E-state index contributed by atoms with van der Waals surface area (Å²) in [5.41, 5.74) is 3.82. The molecule has 1 aromatic heterocycles. The molecule has 0 aliphatic carbocycles. The van der Waals surface area contributed by atoms with Crippen LogP contribution in [0.2, 0.25) is 10.0 Å². The number of aromatic nitrogens is 2. The Morgan fingerprint density at radius 1 is 1.17 bits per heavy atom. The number of rotatable bonds is 7. The average Bonchev–Trinajstić information content (AvgIpc) is 3.18. The van der Waals surface area contributed by atoms with Crippen LogP contribution in [0.1, 0.15) is 54.5 Å². The topological polar surface area (TPSA) is 49.3 Å². The molecule has 2 heterocycles. The number of likely N-dealkylation sites (N-methyl/N-ethyl adjacent to an activating group) is 1. The number of carbonyl (C=O) groups excluding carboxylic acids is 1. The van der Waals surface area contributed by atoms with Crippen molar-refractivity contribution in [2.24, 2.45) is 0 Å². The van der Waals surface area contributed by atoms with Gasteiger partial charge in [0, 0.05) is 49.0 Å². The molecule has 0 saturated carbocycles. The van der Waals surface area contributed by atoms with Gasteiger partial charge in [-0.05, 0) is 52.3 Å². The zero-order valence-electron chi connectivity index (χ0n) is 18.2. The van der Waals surface area contributed by atoms with E-state index < -0.39 is 0 Å². The first kappa shape index (κ1) is 23.0. The number of carbonyl (C=O) groups is 1. The van der Waals surface area contributed by atoms with E-state index in [9.17, 15) is 4.79 Å². The Balaban J connectivity index is 1.70. The molecule has 0 radical (unpaired) electrons. The van der Waals surface area contributed by atoms with Gasteiger partial charge in [0.25, 0.3) is 0 Å². The lowest BCUT2D eigenvalue weighted by Crippen LogP contribution is -2.32. The number of hydrogen-bond acceptors (Lipinski definition) is 4. The monoisotopic (exact) mass is 448 g/mol. The molecule has 5 nitrogen and oxygen atoms in total. The van der Waals surface area contributed by atoms with Crippen molar-refractivity contribution in [3.8, 4) is 0 Å². The van der Waals surface area contributed by atoms with E-state index in [0.29, 0.717) is 16.5 Å². The van der Waals surface area contributed by atoms with Gasteiger partial charge in [0.2, 0.25) is 5.91 Å². The van der Waals surface area contributed by atoms with Gasteiger partial charge < -0.3 is 4.90 Å². The molecule has 7 heteroatoms. The van der Waals surface area contributed by atoms with Gasteiger partial charge in [-0.3, -0.25) is 9.69 Å². The predicted octanol–water partition coefficient (Wildman–Crippen LogP) is 4.80. The molecule has 1 aliphatic rings. The van der Waals surface area contributed by atoms with Crippen LogP contribution in [0, 0.1) is 13.8 Å². The third-order valence-corrected chi connectivity index (χ3v) is 6.80. The van der Waals surface area contributed by atoms with Crippen LogP contribution < -0.4 is 0 Å². The molecule has 0 N–H and O–H groups in total. The number of aryl methyl sites for hydroxylation is 2. The van der Waals surface area contributed by atoms with Gasteiger partial charge in [-0.15, -0.1) is 0 Å². The fraction of sp³-hybridized carbons (Fsp3) is 0.522. The second kappa shape index (κ2) is 10.1. The van der Waals surface area contributed by atoms with Gasteiger partial charge in [-0.1, -0.05) is 35.3 Å². The normalized spacial score (nSPS) is 16.8. The highest BCUT2D eigenvalue weighted by Gasteiger charge is 2.28. The fourth-order valence-corrected chi connectivity index (χ4v) is 4.52. The molecule has 1 aromatic carbocycles. The van der Waals surface area contributed by atoms with E-state index in [1.807, 2.05) is 50.8 Å². The van der Waals surface area contributed by atoms with Crippen molar-refractivity contribution in [3.05, 3.63) is 56.6 Å². The lowest BCUT2D eigenvalue weighted by Gasteiger charge is -2.20. The van der Waals surface area contributed by atoms with E-state index in [1.165, 1.54) is 0 Å². The molecule has 1 saturated heterocycles. The summed E-state index contributed by atoms with van der Waals surface area (Å²) in [5, 5.41) is 1.22. The molecule has 162 valence electrons. The highest BCUT2D eigenvalue weighted by atomic mass is 35.5. The van der Waals surface area contributed by atoms with E-state index >= 15 is 0 Å². The first-order valence-electron chi connectivity index (χ1n) is 10.6. The molecule has 1 fully saturated rings. The summed E-state index contributed by atoms with van der Waals surface area (Å²) in [4.78, 5) is 26.3. The Morgan fingerprint density at radius 3 is 2.47 bits per heavy atom. The maximum absolute atomic E-state index is 12.5. The van der Waals surface area contributed by atoms with Crippen molar-refractivity contribution < 1.29 is 4.79 Å². The maximum Gasteiger partial charge on any atom is 0.227 e. The summed E-state index contributed by atoms with van der Waals surface area (Å²) in [5.74, 6) is 1.30. The highest BCUT2D eigenvalue weighted by Crippen LogP contribution is 2.31. The summed E-state index contributed by atoms with van der Waals surface area (Å²) in [6, 6.07) is 5.77. The number of amides is 1. The Hall–Kier alpha value is -1.69. The van der Waals surface area contributed by atoms with Gasteiger partial charge in [-0.2, -0.15) is 0 Å². The summed E-state index contributed by atoms with van der Waals surface area (Å²) in [6.07, 6.45) is 1.37. The third kappa shape index (κ3) is 5.13. The van der Waals surface area contributed by atoms with Gasteiger partial charge in [-0.25, -0.2) is 9.97 Å². The maximum atomic E-state index is 12.5. The molecular formula is C23H30Cl2N4O. The third-order valence-electron chi connectivity index (χ3n) is 5.95. The lowest BCUT2D eigenvalue weighted by atomic mass is 10.0. The van der Waals surface area contributed by atoms with Crippen LogP contribution in [0.25, 0.3) is 0 Å². The highest BCUT2D eigenvalue weighted by molar-refractivity contribution is 6.42. The van der Waals surface area contributed by atoms with Gasteiger partial charge >= 0.3 is 0 Å². The second-order valence-electron chi connectivity index (χ2n) is 7.91. The molecular weight excluding hydrogens is 419 g/mol. The van der Waals surface area contributed by atoms with E-state index in [1.54, 1.807) is 0 Å². The molecule has 3 rings (SSSR count). The van der Waals surface area contributed by atoms with E-state index in [0.717, 1.165) is 67.5 Å². The van der Waals surface area contributed by atoms with E-state index in [-0.39, 0.29) is 11.8 Å². The molecule has 1 atom stereocenters. The largest absolute Gasteiger partial charge is 0.343 e. The summed E-state index contributed by atoms with van der Waals surface area (Å²) in [6.45, 7) is 12.1. The first-order chi connectivity index (χ1) is 14.3. The van der Waals surface area contributed by atoms with Crippen molar-refractivity contribution in [2.45, 2.75) is 53.0 Å². The van der Waals surface area contributed by atoms with E-state index in [4.69, 9.17) is 33.2 Å². The molecule has 1 aliphatic heterocycles.